The minimum Gasteiger partial charge on any atom is -0.382 e. The van der Waals surface area contributed by atoms with Gasteiger partial charge in [0.2, 0.25) is 0 Å². The summed E-state index contributed by atoms with van der Waals surface area (Å²) in [5.74, 6) is 0. The fourth-order valence-electron chi connectivity index (χ4n) is 1.74. The standard InChI is InChI=1S/C13H23ClN4O/c1-4-8-18-13(19)12(14)11(10-16-18)15-7-5-6-9-17(2)3/h10,15H,4-9H2,1-3H3. The lowest BCUT2D eigenvalue weighted by atomic mass is 10.3. The van der Waals surface area contributed by atoms with E-state index in [9.17, 15) is 4.79 Å². The van der Waals surface area contributed by atoms with Crippen molar-refractivity contribution in [1.82, 2.24) is 14.7 Å². The van der Waals surface area contributed by atoms with Gasteiger partial charge in [-0.2, -0.15) is 5.10 Å². The van der Waals surface area contributed by atoms with Gasteiger partial charge in [0.1, 0.15) is 5.02 Å². The third kappa shape index (κ3) is 5.20. The molecule has 0 fully saturated rings. The zero-order chi connectivity index (χ0) is 14.3. The number of nitrogens with one attached hydrogen (secondary N) is 1. The number of hydrogen-bond acceptors (Lipinski definition) is 4. The van der Waals surface area contributed by atoms with Crippen LogP contribution in [0.5, 0.6) is 0 Å². The van der Waals surface area contributed by atoms with Crippen LogP contribution in [0.1, 0.15) is 26.2 Å². The molecule has 1 rings (SSSR count). The fourth-order valence-corrected chi connectivity index (χ4v) is 1.95. The van der Waals surface area contributed by atoms with E-state index >= 15 is 0 Å². The highest BCUT2D eigenvalue weighted by Gasteiger charge is 2.08. The second kappa shape index (κ2) is 8.17. The number of anilines is 1. The SMILES string of the molecule is CCCn1ncc(NCCCCN(C)C)c(Cl)c1=O. The summed E-state index contributed by atoms with van der Waals surface area (Å²) in [6.07, 6.45) is 4.64. The predicted molar refractivity (Wildman–Crippen MR) is 80.1 cm³/mol. The summed E-state index contributed by atoms with van der Waals surface area (Å²) in [7, 11) is 4.11. The van der Waals surface area contributed by atoms with E-state index in [0.717, 1.165) is 32.4 Å². The number of halogens is 1. The quantitative estimate of drug-likeness (QED) is 0.743. The van der Waals surface area contributed by atoms with Crippen molar-refractivity contribution in [2.24, 2.45) is 0 Å². The van der Waals surface area contributed by atoms with Crippen molar-refractivity contribution in [3.63, 3.8) is 0 Å². The molecule has 0 aliphatic heterocycles. The van der Waals surface area contributed by atoms with Crippen LogP contribution >= 0.6 is 11.6 Å². The van der Waals surface area contributed by atoms with E-state index in [1.807, 2.05) is 6.92 Å². The number of rotatable bonds is 8. The van der Waals surface area contributed by atoms with E-state index in [2.05, 4.69) is 29.4 Å². The van der Waals surface area contributed by atoms with Crippen molar-refractivity contribution in [2.75, 3.05) is 32.5 Å². The summed E-state index contributed by atoms with van der Waals surface area (Å²) < 4.78 is 1.40. The third-order valence-corrected chi connectivity index (χ3v) is 3.13. The molecule has 1 aromatic heterocycles. The molecule has 0 atom stereocenters. The first kappa shape index (κ1) is 16.0. The van der Waals surface area contributed by atoms with Gasteiger partial charge in [-0.1, -0.05) is 18.5 Å². The Morgan fingerprint density at radius 1 is 1.42 bits per heavy atom. The van der Waals surface area contributed by atoms with Crippen LogP contribution in [0.15, 0.2) is 11.0 Å². The summed E-state index contributed by atoms with van der Waals surface area (Å²) in [5, 5.41) is 7.51. The molecular formula is C13H23ClN4O. The monoisotopic (exact) mass is 286 g/mol. The van der Waals surface area contributed by atoms with E-state index in [0.29, 0.717) is 12.2 Å². The Labute approximate surface area is 119 Å². The minimum atomic E-state index is -0.221. The van der Waals surface area contributed by atoms with Crippen LogP contribution < -0.4 is 10.9 Å². The molecule has 19 heavy (non-hydrogen) atoms. The molecule has 0 spiro atoms. The zero-order valence-corrected chi connectivity index (χ0v) is 12.7. The molecule has 1 N–H and O–H groups in total. The van der Waals surface area contributed by atoms with Gasteiger partial charge in [0.15, 0.2) is 0 Å². The van der Waals surface area contributed by atoms with E-state index in [1.165, 1.54) is 4.68 Å². The molecule has 0 aliphatic carbocycles. The van der Waals surface area contributed by atoms with Crippen molar-refractivity contribution < 1.29 is 0 Å². The molecule has 0 aliphatic rings. The topological polar surface area (TPSA) is 50.2 Å². The van der Waals surface area contributed by atoms with Crippen molar-refractivity contribution in [2.45, 2.75) is 32.7 Å². The van der Waals surface area contributed by atoms with Gasteiger partial charge in [-0.3, -0.25) is 4.79 Å². The first-order chi connectivity index (χ1) is 9.06. The molecule has 0 saturated heterocycles. The molecule has 0 bridgehead atoms. The highest BCUT2D eigenvalue weighted by Crippen LogP contribution is 2.15. The van der Waals surface area contributed by atoms with Crippen molar-refractivity contribution >= 4 is 17.3 Å². The average Bonchev–Trinajstić information content (AvgIpc) is 2.37. The Morgan fingerprint density at radius 3 is 2.79 bits per heavy atom. The minimum absolute atomic E-state index is 0.221. The van der Waals surface area contributed by atoms with Crippen LogP contribution in [-0.2, 0) is 6.54 Å². The Balaban J connectivity index is 2.51. The highest BCUT2D eigenvalue weighted by atomic mass is 35.5. The van der Waals surface area contributed by atoms with Gasteiger partial charge in [0.05, 0.1) is 11.9 Å². The van der Waals surface area contributed by atoms with Gasteiger partial charge in [-0.05, 0) is 39.9 Å². The van der Waals surface area contributed by atoms with Gasteiger partial charge in [-0.15, -0.1) is 0 Å². The maximum atomic E-state index is 11.9. The Bertz CT molecular complexity index is 445. The van der Waals surface area contributed by atoms with Crippen LogP contribution in [0.4, 0.5) is 5.69 Å². The molecule has 5 nitrogen and oxygen atoms in total. The lowest BCUT2D eigenvalue weighted by Gasteiger charge is -2.11. The second-order valence-corrected chi connectivity index (χ2v) is 5.22. The van der Waals surface area contributed by atoms with Crippen LogP contribution in [0.2, 0.25) is 5.02 Å². The second-order valence-electron chi connectivity index (χ2n) is 4.84. The van der Waals surface area contributed by atoms with E-state index < -0.39 is 0 Å². The molecule has 6 heteroatoms. The van der Waals surface area contributed by atoms with Gasteiger partial charge in [-0.25, -0.2) is 4.68 Å². The molecule has 0 aromatic carbocycles. The molecular weight excluding hydrogens is 264 g/mol. The number of aryl methyl sites for hydroxylation is 1. The number of unbranched alkanes of at least 4 members (excludes halogenated alkanes) is 1. The Morgan fingerprint density at radius 2 is 2.16 bits per heavy atom. The molecule has 0 radical (unpaired) electrons. The van der Waals surface area contributed by atoms with Gasteiger partial charge < -0.3 is 10.2 Å². The summed E-state index contributed by atoms with van der Waals surface area (Å²) in [6.45, 7) is 4.46. The largest absolute Gasteiger partial charge is 0.382 e. The summed E-state index contributed by atoms with van der Waals surface area (Å²) in [5.41, 5.74) is 0.408. The Kier molecular flexibility index (Phi) is 6.87. The van der Waals surface area contributed by atoms with Gasteiger partial charge in [0.25, 0.3) is 5.56 Å². The van der Waals surface area contributed by atoms with Gasteiger partial charge in [0, 0.05) is 13.1 Å². The van der Waals surface area contributed by atoms with E-state index in [-0.39, 0.29) is 10.6 Å². The van der Waals surface area contributed by atoms with Gasteiger partial charge >= 0.3 is 0 Å². The Hall–Kier alpha value is -1.07. The van der Waals surface area contributed by atoms with Crippen LogP contribution in [0.3, 0.4) is 0 Å². The molecule has 0 amide bonds. The summed E-state index contributed by atoms with van der Waals surface area (Å²) in [4.78, 5) is 14.0. The summed E-state index contributed by atoms with van der Waals surface area (Å²) in [6, 6.07) is 0. The maximum absolute atomic E-state index is 11.9. The lowest BCUT2D eigenvalue weighted by Crippen LogP contribution is -2.24. The average molecular weight is 287 g/mol. The smallest absolute Gasteiger partial charge is 0.287 e. The van der Waals surface area contributed by atoms with Crippen molar-refractivity contribution in [3.05, 3.63) is 21.6 Å². The van der Waals surface area contributed by atoms with Crippen LogP contribution in [0, 0.1) is 0 Å². The van der Waals surface area contributed by atoms with Crippen molar-refractivity contribution in [1.29, 1.82) is 0 Å². The molecule has 0 saturated carbocycles. The molecule has 1 heterocycles. The van der Waals surface area contributed by atoms with Crippen molar-refractivity contribution in [3.8, 4) is 0 Å². The molecule has 0 unspecified atom stereocenters. The van der Waals surface area contributed by atoms with Crippen LogP contribution in [-0.4, -0.2) is 41.9 Å². The number of nitrogens with zero attached hydrogens (tertiary/aromatic N) is 3. The van der Waals surface area contributed by atoms with E-state index in [4.69, 9.17) is 11.6 Å². The highest BCUT2D eigenvalue weighted by molar-refractivity contribution is 6.32. The number of hydrogen-bond donors (Lipinski definition) is 1. The number of aromatic nitrogens is 2. The fraction of sp³-hybridized carbons (Fsp3) is 0.692. The maximum Gasteiger partial charge on any atom is 0.287 e. The van der Waals surface area contributed by atoms with E-state index in [1.54, 1.807) is 6.20 Å². The normalized spacial score (nSPS) is 11.0. The zero-order valence-electron chi connectivity index (χ0n) is 11.9. The predicted octanol–water partition coefficient (Wildman–Crippen LogP) is 2.06. The first-order valence-corrected chi connectivity index (χ1v) is 7.08. The van der Waals surface area contributed by atoms with Crippen LogP contribution in [0.25, 0.3) is 0 Å². The third-order valence-electron chi connectivity index (χ3n) is 2.77. The first-order valence-electron chi connectivity index (χ1n) is 6.70. The summed E-state index contributed by atoms with van der Waals surface area (Å²) >= 11 is 6.05. The lowest BCUT2D eigenvalue weighted by molar-refractivity contribution is 0.396. The molecule has 108 valence electrons. The molecule has 1 aromatic rings.